The minimum atomic E-state index is -0.607. The number of aliphatic hydroxyl groups is 1. The van der Waals surface area contributed by atoms with Crippen LogP contribution in [0.2, 0.25) is 0 Å². The van der Waals surface area contributed by atoms with E-state index >= 15 is 0 Å². The van der Waals surface area contributed by atoms with E-state index in [9.17, 15) is 19.2 Å². The predicted molar refractivity (Wildman–Crippen MR) is 202 cm³/mol. The molecule has 1 aliphatic carbocycles. The van der Waals surface area contributed by atoms with Crippen LogP contribution in [-0.4, -0.2) is 68.1 Å². The summed E-state index contributed by atoms with van der Waals surface area (Å²) in [7, 11) is 0. The fourth-order valence-corrected chi connectivity index (χ4v) is 5.56. The summed E-state index contributed by atoms with van der Waals surface area (Å²) in [5, 5.41) is 8.86. The molecule has 0 unspecified atom stereocenters. The van der Waals surface area contributed by atoms with E-state index in [2.05, 4.69) is 13.2 Å². The zero-order valence-corrected chi connectivity index (χ0v) is 30.8. The van der Waals surface area contributed by atoms with Crippen molar-refractivity contribution in [2.24, 2.45) is 0 Å². The van der Waals surface area contributed by atoms with Crippen LogP contribution in [0.1, 0.15) is 81.0 Å². The van der Waals surface area contributed by atoms with Gasteiger partial charge in [-0.25, -0.2) is 14.4 Å². The van der Waals surface area contributed by atoms with Crippen molar-refractivity contribution in [1.29, 1.82) is 0 Å². The van der Waals surface area contributed by atoms with Crippen LogP contribution in [0.25, 0.3) is 11.1 Å². The lowest BCUT2D eigenvalue weighted by molar-refractivity contribution is -0.151. The van der Waals surface area contributed by atoms with Crippen molar-refractivity contribution < 1.29 is 52.7 Å². The van der Waals surface area contributed by atoms with Gasteiger partial charge >= 0.3 is 23.9 Å². The number of hydrogen-bond donors (Lipinski definition) is 1. The molecule has 1 saturated carbocycles. The molecule has 0 heterocycles. The molecule has 0 atom stereocenters. The van der Waals surface area contributed by atoms with E-state index in [1.54, 1.807) is 36.4 Å². The molecule has 1 aliphatic rings. The maximum atomic E-state index is 12.7. The van der Waals surface area contributed by atoms with Gasteiger partial charge in [-0.1, -0.05) is 43.8 Å². The Morgan fingerprint density at radius 1 is 0.593 bits per heavy atom. The van der Waals surface area contributed by atoms with Crippen molar-refractivity contribution in [1.82, 2.24) is 0 Å². The third-order valence-corrected chi connectivity index (χ3v) is 8.65. The van der Waals surface area contributed by atoms with Crippen LogP contribution in [0, 0.1) is 0 Å². The Morgan fingerprint density at radius 2 is 1.09 bits per heavy atom. The fourth-order valence-electron chi connectivity index (χ4n) is 5.56. The molecule has 0 radical (unpaired) electrons. The van der Waals surface area contributed by atoms with E-state index in [-0.39, 0.29) is 36.9 Å². The van der Waals surface area contributed by atoms with Crippen LogP contribution in [0.5, 0.6) is 17.2 Å². The number of carbonyl (C=O) groups is 4. The van der Waals surface area contributed by atoms with Crippen LogP contribution in [0.4, 0.5) is 0 Å². The standard InChI is InChI=1S/C43H50O11/c1-31(29-40(45)53-38-11-6-5-7-12-38)41(46)52-28-10-27-50-36-19-13-33(14-20-36)34-15-23-39(24-16-34)54-43(48)35-17-21-37(22-18-35)49-25-8-3-4-9-26-51-42(47)32(2)30-44/h13-24,38,44H,1-12,25-30H2. The van der Waals surface area contributed by atoms with E-state index < -0.39 is 30.5 Å². The molecule has 0 bridgehead atoms. The lowest BCUT2D eigenvalue weighted by atomic mass is 9.98. The van der Waals surface area contributed by atoms with Crippen molar-refractivity contribution in [2.75, 3.05) is 33.0 Å². The lowest BCUT2D eigenvalue weighted by Crippen LogP contribution is -2.22. The first-order chi connectivity index (χ1) is 26.2. The van der Waals surface area contributed by atoms with Crippen molar-refractivity contribution in [3.05, 3.63) is 103 Å². The average Bonchev–Trinajstić information content (AvgIpc) is 3.19. The maximum absolute atomic E-state index is 12.7. The Bertz CT molecular complexity index is 1670. The van der Waals surface area contributed by atoms with Gasteiger partial charge < -0.3 is 33.5 Å². The van der Waals surface area contributed by atoms with Gasteiger partial charge in [0.15, 0.2) is 0 Å². The highest BCUT2D eigenvalue weighted by Crippen LogP contribution is 2.26. The van der Waals surface area contributed by atoms with Gasteiger partial charge in [-0.2, -0.15) is 0 Å². The van der Waals surface area contributed by atoms with Crippen LogP contribution in [0.15, 0.2) is 97.1 Å². The number of unbranched alkanes of at least 4 members (excludes halogenated alkanes) is 3. The second kappa shape index (κ2) is 22.6. The highest BCUT2D eigenvalue weighted by molar-refractivity contribution is 5.93. The zero-order valence-electron chi connectivity index (χ0n) is 30.8. The summed E-state index contributed by atoms with van der Waals surface area (Å²) in [6.07, 6.45) is 8.58. The summed E-state index contributed by atoms with van der Waals surface area (Å²) < 4.78 is 32.8. The van der Waals surface area contributed by atoms with Crippen LogP contribution >= 0.6 is 0 Å². The number of ether oxygens (including phenoxy) is 6. The van der Waals surface area contributed by atoms with Crippen LogP contribution in [-0.2, 0) is 28.6 Å². The topological polar surface area (TPSA) is 144 Å². The number of benzene rings is 3. The first kappa shape index (κ1) is 41.3. The number of carbonyl (C=O) groups excluding carboxylic acids is 4. The van der Waals surface area contributed by atoms with E-state index in [4.69, 9.17) is 33.5 Å². The Morgan fingerprint density at radius 3 is 1.69 bits per heavy atom. The lowest BCUT2D eigenvalue weighted by Gasteiger charge is -2.21. The zero-order chi connectivity index (χ0) is 38.5. The van der Waals surface area contributed by atoms with Gasteiger partial charge in [0, 0.05) is 12.0 Å². The summed E-state index contributed by atoms with van der Waals surface area (Å²) in [6, 6.07) is 21.5. The van der Waals surface area contributed by atoms with Crippen molar-refractivity contribution in [3.63, 3.8) is 0 Å². The molecule has 4 rings (SSSR count). The van der Waals surface area contributed by atoms with E-state index in [1.807, 2.05) is 36.4 Å². The van der Waals surface area contributed by atoms with Gasteiger partial charge in [0.1, 0.15) is 23.4 Å². The quantitative estimate of drug-likeness (QED) is 0.0355. The molecule has 11 nitrogen and oxygen atoms in total. The molecule has 54 heavy (non-hydrogen) atoms. The SMILES string of the molecule is C=C(CO)C(=O)OCCCCCCOc1ccc(C(=O)Oc2ccc(-c3ccc(OCCCOC(=O)C(=C)CC(=O)OC4CCCCC4)cc3)cc2)cc1. The highest BCUT2D eigenvalue weighted by Gasteiger charge is 2.20. The molecular weight excluding hydrogens is 692 g/mol. The Labute approximate surface area is 316 Å². The summed E-state index contributed by atoms with van der Waals surface area (Å²) in [5.74, 6) is -0.359. The molecule has 0 aliphatic heterocycles. The minimum absolute atomic E-state index is 0.0491. The first-order valence-electron chi connectivity index (χ1n) is 18.5. The molecule has 1 N–H and O–H groups in total. The largest absolute Gasteiger partial charge is 0.494 e. The molecule has 0 amide bonds. The summed E-state index contributed by atoms with van der Waals surface area (Å²) in [5.41, 5.74) is 2.42. The Kier molecular flexibility index (Phi) is 17.3. The second-order valence-corrected chi connectivity index (χ2v) is 13.0. The molecule has 0 aromatic heterocycles. The summed E-state index contributed by atoms with van der Waals surface area (Å²) in [6.45, 7) is 7.99. The normalized spacial score (nSPS) is 12.6. The summed E-state index contributed by atoms with van der Waals surface area (Å²) in [4.78, 5) is 48.5. The van der Waals surface area contributed by atoms with Crippen molar-refractivity contribution in [2.45, 2.75) is 76.7 Å². The molecule has 288 valence electrons. The molecule has 3 aromatic carbocycles. The molecule has 11 heteroatoms. The smallest absolute Gasteiger partial charge is 0.343 e. The van der Waals surface area contributed by atoms with E-state index in [0.717, 1.165) is 68.9 Å². The molecule has 0 spiro atoms. The highest BCUT2D eigenvalue weighted by atomic mass is 16.6. The molecule has 3 aromatic rings. The Hall–Kier alpha value is -5.42. The molecule has 0 saturated heterocycles. The molecular formula is C43H50O11. The Balaban J connectivity index is 1.08. The monoisotopic (exact) mass is 742 g/mol. The van der Waals surface area contributed by atoms with E-state index in [1.165, 1.54) is 0 Å². The first-order valence-corrected chi connectivity index (χ1v) is 18.5. The second-order valence-electron chi connectivity index (χ2n) is 13.0. The summed E-state index contributed by atoms with van der Waals surface area (Å²) >= 11 is 0. The van der Waals surface area contributed by atoms with Crippen molar-refractivity contribution >= 4 is 23.9 Å². The predicted octanol–water partition coefficient (Wildman–Crippen LogP) is 7.74. The van der Waals surface area contributed by atoms with Gasteiger partial charge in [-0.3, -0.25) is 4.79 Å². The van der Waals surface area contributed by atoms with Gasteiger partial charge in [-0.05, 0) is 111 Å². The minimum Gasteiger partial charge on any atom is -0.494 e. The number of aliphatic hydroxyl groups excluding tert-OH is 1. The van der Waals surface area contributed by atoms with Crippen LogP contribution < -0.4 is 14.2 Å². The van der Waals surface area contributed by atoms with Gasteiger partial charge in [0.2, 0.25) is 0 Å². The molecule has 1 fully saturated rings. The number of rotatable bonds is 22. The van der Waals surface area contributed by atoms with Gasteiger partial charge in [0.25, 0.3) is 0 Å². The maximum Gasteiger partial charge on any atom is 0.343 e. The third-order valence-electron chi connectivity index (χ3n) is 8.65. The van der Waals surface area contributed by atoms with Gasteiger partial charge in [-0.15, -0.1) is 0 Å². The van der Waals surface area contributed by atoms with Crippen LogP contribution in [0.3, 0.4) is 0 Å². The van der Waals surface area contributed by atoms with Crippen molar-refractivity contribution in [3.8, 4) is 28.4 Å². The third kappa shape index (κ3) is 14.5. The fraction of sp³-hybridized carbons (Fsp3) is 0.395. The van der Waals surface area contributed by atoms with E-state index in [0.29, 0.717) is 42.4 Å². The number of esters is 4. The average molecular weight is 743 g/mol. The van der Waals surface area contributed by atoms with Gasteiger partial charge in [0.05, 0.1) is 50.6 Å². The number of hydrogen-bond acceptors (Lipinski definition) is 11.